The van der Waals surface area contributed by atoms with Crippen molar-refractivity contribution in [2.24, 2.45) is 11.8 Å². The Labute approximate surface area is 83.9 Å². The van der Waals surface area contributed by atoms with Gasteiger partial charge in [0.2, 0.25) is 0 Å². The zero-order chi connectivity index (χ0) is 9.54. The van der Waals surface area contributed by atoms with E-state index < -0.39 is 0 Å². The van der Waals surface area contributed by atoms with Crippen LogP contribution in [0.15, 0.2) is 10.8 Å². The van der Waals surface area contributed by atoms with Gasteiger partial charge in [-0.25, -0.2) is 0 Å². The van der Waals surface area contributed by atoms with Crippen LogP contribution < -0.4 is 5.32 Å². The highest BCUT2D eigenvalue weighted by atomic mass is 16.5. The van der Waals surface area contributed by atoms with Gasteiger partial charge in [-0.2, -0.15) is 0 Å². The van der Waals surface area contributed by atoms with E-state index in [0.717, 1.165) is 30.1 Å². The first-order chi connectivity index (χ1) is 6.86. The van der Waals surface area contributed by atoms with E-state index in [2.05, 4.69) is 10.5 Å². The van der Waals surface area contributed by atoms with Crippen LogP contribution in [0.3, 0.4) is 0 Å². The average Bonchev–Trinajstić information content (AvgIpc) is 2.57. The van der Waals surface area contributed by atoms with E-state index in [1.807, 2.05) is 6.92 Å². The van der Waals surface area contributed by atoms with Crippen molar-refractivity contribution in [1.82, 2.24) is 10.5 Å². The van der Waals surface area contributed by atoms with Crippen LogP contribution in [-0.2, 0) is 6.54 Å². The highest BCUT2D eigenvalue weighted by Gasteiger charge is 2.51. The third kappa shape index (κ3) is 1.27. The molecule has 1 N–H and O–H groups in total. The zero-order valence-corrected chi connectivity index (χ0v) is 8.49. The van der Waals surface area contributed by atoms with Gasteiger partial charge in [0, 0.05) is 18.2 Å². The Bertz CT molecular complexity index is 324. The molecule has 2 fully saturated rings. The summed E-state index contributed by atoms with van der Waals surface area (Å²) in [5, 5.41) is 7.47. The molecule has 0 amide bonds. The molecule has 0 aliphatic heterocycles. The van der Waals surface area contributed by atoms with Crippen molar-refractivity contribution >= 4 is 0 Å². The molecule has 14 heavy (non-hydrogen) atoms. The van der Waals surface area contributed by atoms with Crippen LogP contribution in [0.4, 0.5) is 0 Å². The van der Waals surface area contributed by atoms with E-state index in [0.29, 0.717) is 0 Å². The van der Waals surface area contributed by atoms with Crippen molar-refractivity contribution in [1.29, 1.82) is 0 Å². The molecule has 76 valence electrons. The lowest BCUT2D eigenvalue weighted by atomic mass is 10.2. The minimum Gasteiger partial charge on any atom is -0.364 e. The maximum absolute atomic E-state index is 4.90. The number of hydrogen-bond acceptors (Lipinski definition) is 3. The van der Waals surface area contributed by atoms with Gasteiger partial charge in [-0.3, -0.25) is 0 Å². The fourth-order valence-electron chi connectivity index (χ4n) is 2.83. The Morgan fingerprint density at radius 3 is 2.93 bits per heavy atom. The fourth-order valence-corrected chi connectivity index (χ4v) is 2.83. The predicted molar refractivity (Wildman–Crippen MR) is 52.7 cm³/mol. The summed E-state index contributed by atoms with van der Waals surface area (Å²) in [6.45, 7) is 2.92. The lowest BCUT2D eigenvalue weighted by Crippen LogP contribution is -2.20. The van der Waals surface area contributed by atoms with Crippen molar-refractivity contribution in [2.75, 3.05) is 0 Å². The largest absolute Gasteiger partial charge is 0.364 e. The van der Waals surface area contributed by atoms with Crippen LogP contribution in [0.25, 0.3) is 0 Å². The van der Waals surface area contributed by atoms with Gasteiger partial charge in [-0.15, -0.1) is 0 Å². The van der Waals surface area contributed by atoms with E-state index >= 15 is 0 Å². The van der Waals surface area contributed by atoms with Crippen molar-refractivity contribution in [3.8, 4) is 0 Å². The predicted octanol–water partition coefficient (Wildman–Crippen LogP) is 1.87. The van der Waals surface area contributed by atoms with Gasteiger partial charge < -0.3 is 9.84 Å². The summed E-state index contributed by atoms with van der Waals surface area (Å²) >= 11 is 0. The molecule has 2 aliphatic rings. The first-order valence-corrected chi connectivity index (χ1v) is 5.49. The Morgan fingerprint density at radius 1 is 1.50 bits per heavy atom. The van der Waals surface area contributed by atoms with E-state index in [4.69, 9.17) is 4.52 Å². The second kappa shape index (κ2) is 3.09. The van der Waals surface area contributed by atoms with Crippen LogP contribution >= 0.6 is 0 Å². The molecule has 0 saturated heterocycles. The fraction of sp³-hybridized carbons (Fsp3) is 0.727. The molecule has 0 spiro atoms. The first kappa shape index (κ1) is 8.48. The van der Waals surface area contributed by atoms with Gasteiger partial charge in [0.1, 0.15) is 6.26 Å². The summed E-state index contributed by atoms with van der Waals surface area (Å²) in [6, 6.07) is 0.790. The summed E-state index contributed by atoms with van der Waals surface area (Å²) in [6.07, 6.45) is 6.07. The van der Waals surface area contributed by atoms with Crippen molar-refractivity contribution in [2.45, 2.75) is 38.8 Å². The molecule has 1 aromatic rings. The van der Waals surface area contributed by atoms with E-state index in [-0.39, 0.29) is 0 Å². The number of aromatic nitrogens is 1. The number of nitrogens with zero attached hydrogens (tertiary/aromatic N) is 1. The molecule has 1 heterocycles. The molecule has 1 aromatic heterocycles. The number of hydrogen-bond donors (Lipinski definition) is 1. The number of nitrogens with one attached hydrogen (secondary N) is 1. The summed E-state index contributed by atoms with van der Waals surface area (Å²) < 4.78 is 4.90. The molecule has 2 unspecified atom stereocenters. The molecule has 3 nitrogen and oxygen atoms in total. The Hall–Kier alpha value is -0.830. The van der Waals surface area contributed by atoms with Crippen molar-refractivity contribution < 1.29 is 4.52 Å². The number of rotatable bonds is 3. The van der Waals surface area contributed by atoms with Gasteiger partial charge in [0.05, 0.1) is 5.69 Å². The van der Waals surface area contributed by atoms with Crippen LogP contribution in [0.5, 0.6) is 0 Å². The monoisotopic (exact) mass is 192 g/mol. The highest BCUT2D eigenvalue weighted by Crippen LogP contribution is 2.51. The average molecular weight is 192 g/mol. The molecular weight excluding hydrogens is 176 g/mol. The summed E-state index contributed by atoms with van der Waals surface area (Å²) in [7, 11) is 0. The molecule has 0 radical (unpaired) electrons. The smallest absolute Gasteiger partial charge is 0.128 e. The molecule has 3 rings (SSSR count). The third-order valence-corrected chi connectivity index (χ3v) is 3.78. The topological polar surface area (TPSA) is 38.1 Å². The lowest BCUT2D eigenvalue weighted by Gasteiger charge is -2.04. The lowest BCUT2D eigenvalue weighted by molar-refractivity contribution is 0.414. The SMILES string of the molecule is Cc1nocc1CNC1C2CCCC21. The minimum atomic E-state index is 0.790. The van der Waals surface area contributed by atoms with E-state index in [1.165, 1.54) is 24.8 Å². The molecule has 2 atom stereocenters. The van der Waals surface area contributed by atoms with E-state index in [1.54, 1.807) is 6.26 Å². The summed E-state index contributed by atoms with van der Waals surface area (Å²) in [5.74, 6) is 1.96. The van der Waals surface area contributed by atoms with Gasteiger partial charge >= 0.3 is 0 Å². The van der Waals surface area contributed by atoms with Crippen molar-refractivity contribution in [3.63, 3.8) is 0 Å². The molecule has 3 heteroatoms. The quantitative estimate of drug-likeness (QED) is 0.794. The number of aryl methyl sites for hydroxylation is 1. The number of fused-ring (bicyclic) bond motifs is 1. The second-order valence-corrected chi connectivity index (χ2v) is 4.59. The van der Waals surface area contributed by atoms with Gasteiger partial charge in [-0.05, 0) is 31.6 Å². The van der Waals surface area contributed by atoms with Gasteiger partial charge in [0.25, 0.3) is 0 Å². The Morgan fingerprint density at radius 2 is 2.29 bits per heavy atom. The van der Waals surface area contributed by atoms with Crippen LogP contribution in [0, 0.1) is 18.8 Å². The van der Waals surface area contributed by atoms with Crippen LogP contribution in [-0.4, -0.2) is 11.2 Å². The van der Waals surface area contributed by atoms with E-state index in [9.17, 15) is 0 Å². The normalized spacial score (nSPS) is 34.5. The molecule has 0 aromatic carbocycles. The van der Waals surface area contributed by atoms with Crippen molar-refractivity contribution in [3.05, 3.63) is 17.5 Å². The second-order valence-electron chi connectivity index (χ2n) is 4.59. The van der Waals surface area contributed by atoms with Gasteiger partial charge in [0.15, 0.2) is 0 Å². The Kier molecular flexibility index (Phi) is 1.87. The van der Waals surface area contributed by atoms with Crippen LogP contribution in [0.1, 0.15) is 30.5 Å². The first-order valence-electron chi connectivity index (χ1n) is 5.49. The standard InChI is InChI=1S/C11H16N2O/c1-7-8(6-14-13-7)5-12-11-9-3-2-4-10(9)11/h6,9-12H,2-5H2,1H3. The third-order valence-electron chi connectivity index (χ3n) is 3.78. The minimum absolute atomic E-state index is 0.790. The maximum atomic E-state index is 4.90. The zero-order valence-electron chi connectivity index (χ0n) is 8.49. The molecular formula is C11H16N2O. The Balaban J connectivity index is 1.54. The summed E-state index contributed by atoms with van der Waals surface area (Å²) in [4.78, 5) is 0. The maximum Gasteiger partial charge on any atom is 0.128 e. The molecule has 0 bridgehead atoms. The molecule has 2 saturated carbocycles. The highest BCUT2D eigenvalue weighted by molar-refractivity contribution is 5.14. The summed E-state index contributed by atoms with van der Waals surface area (Å²) in [5.41, 5.74) is 2.22. The van der Waals surface area contributed by atoms with Gasteiger partial charge in [-0.1, -0.05) is 11.6 Å². The van der Waals surface area contributed by atoms with Crippen LogP contribution in [0.2, 0.25) is 0 Å². The molecule has 2 aliphatic carbocycles.